The van der Waals surface area contributed by atoms with Gasteiger partial charge in [0, 0.05) is 28.1 Å². The van der Waals surface area contributed by atoms with E-state index in [1.807, 2.05) is 24.3 Å². The van der Waals surface area contributed by atoms with Crippen molar-refractivity contribution in [3.8, 4) is 0 Å². The van der Waals surface area contributed by atoms with E-state index < -0.39 is 16.1 Å². The highest BCUT2D eigenvalue weighted by molar-refractivity contribution is 7.98. The lowest BCUT2D eigenvalue weighted by Gasteiger charge is -2.28. The molecule has 0 aliphatic heterocycles. The van der Waals surface area contributed by atoms with Crippen molar-refractivity contribution >= 4 is 56.6 Å². The molecule has 2 aromatic rings. The number of rotatable bonds is 9. The van der Waals surface area contributed by atoms with Gasteiger partial charge in [-0.2, -0.15) is 11.8 Å². The van der Waals surface area contributed by atoms with Crippen LogP contribution in [0.25, 0.3) is 0 Å². The van der Waals surface area contributed by atoms with E-state index in [1.54, 1.807) is 43.0 Å². The number of nitrogens with zero attached hydrogens (tertiary/aromatic N) is 1. The third-order valence-electron chi connectivity index (χ3n) is 3.93. The van der Waals surface area contributed by atoms with Crippen LogP contribution in [-0.2, 0) is 20.6 Å². The summed E-state index contributed by atoms with van der Waals surface area (Å²) in [5, 5.41) is 4.00. The van der Waals surface area contributed by atoms with Gasteiger partial charge in [0.15, 0.2) is 0 Å². The molecule has 0 aromatic heterocycles. The third kappa shape index (κ3) is 6.58. The minimum absolute atomic E-state index is 0.362. The van der Waals surface area contributed by atoms with Crippen LogP contribution in [0.15, 0.2) is 48.5 Å². The molecule has 28 heavy (non-hydrogen) atoms. The van der Waals surface area contributed by atoms with Gasteiger partial charge >= 0.3 is 0 Å². The quantitative estimate of drug-likeness (QED) is 0.569. The molecular weight excluding hydrogens is 439 g/mol. The second-order valence-corrected chi connectivity index (χ2v) is 9.95. The van der Waals surface area contributed by atoms with Crippen molar-refractivity contribution in [1.29, 1.82) is 0 Å². The molecule has 0 unspecified atom stereocenters. The van der Waals surface area contributed by atoms with Crippen molar-refractivity contribution in [2.75, 3.05) is 22.9 Å². The molecule has 5 nitrogen and oxygen atoms in total. The maximum absolute atomic E-state index is 12.5. The zero-order valence-corrected chi connectivity index (χ0v) is 18.7. The van der Waals surface area contributed by atoms with Crippen LogP contribution in [0, 0.1) is 0 Å². The Balaban J connectivity index is 1.90. The largest absolute Gasteiger partial charge is 0.353 e. The van der Waals surface area contributed by atoms with E-state index in [9.17, 15) is 13.2 Å². The van der Waals surface area contributed by atoms with Crippen molar-refractivity contribution in [2.24, 2.45) is 0 Å². The Morgan fingerprint density at radius 3 is 2.39 bits per heavy atom. The SMILES string of the molecule is C[C@H](C(=O)NCCSCc1ccccc1Cl)N(c1ccc(Cl)cc1)S(C)(=O)=O. The van der Waals surface area contributed by atoms with Gasteiger partial charge in [0.1, 0.15) is 6.04 Å². The molecule has 0 fully saturated rings. The predicted octanol–water partition coefficient (Wildman–Crippen LogP) is 4.20. The first-order valence-corrected chi connectivity index (χ1v) is 12.3. The van der Waals surface area contributed by atoms with Gasteiger partial charge in [0.05, 0.1) is 11.9 Å². The minimum atomic E-state index is -3.64. The minimum Gasteiger partial charge on any atom is -0.353 e. The number of nitrogens with one attached hydrogen (secondary N) is 1. The van der Waals surface area contributed by atoms with Crippen LogP contribution in [-0.4, -0.2) is 38.9 Å². The third-order valence-corrected chi connectivity index (χ3v) is 6.80. The lowest BCUT2D eigenvalue weighted by Crippen LogP contribution is -2.48. The number of hydrogen-bond donors (Lipinski definition) is 1. The van der Waals surface area contributed by atoms with E-state index in [-0.39, 0.29) is 5.91 Å². The molecule has 2 aromatic carbocycles. The number of amides is 1. The first kappa shape index (κ1) is 22.9. The van der Waals surface area contributed by atoms with Crippen LogP contribution >= 0.6 is 35.0 Å². The lowest BCUT2D eigenvalue weighted by atomic mass is 10.2. The summed E-state index contributed by atoms with van der Waals surface area (Å²) in [4.78, 5) is 12.5. The van der Waals surface area contributed by atoms with E-state index in [2.05, 4.69) is 5.32 Å². The zero-order valence-electron chi connectivity index (χ0n) is 15.6. The Morgan fingerprint density at radius 2 is 1.79 bits per heavy atom. The summed E-state index contributed by atoms with van der Waals surface area (Å²) in [5.74, 6) is 1.06. The van der Waals surface area contributed by atoms with Crippen LogP contribution in [0.4, 0.5) is 5.69 Å². The van der Waals surface area contributed by atoms with Gasteiger partial charge in [-0.15, -0.1) is 0 Å². The van der Waals surface area contributed by atoms with Crippen molar-refractivity contribution in [2.45, 2.75) is 18.7 Å². The predicted molar refractivity (Wildman–Crippen MR) is 119 cm³/mol. The fraction of sp³-hybridized carbons (Fsp3) is 0.316. The molecule has 0 spiro atoms. The Labute approximate surface area is 180 Å². The molecule has 0 aliphatic rings. The monoisotopic (exact) mass is 460 g/mol. The van der Waals surface area contributed by atoms with Crippen LogP contribution in [0.2, 0.25) is 10.0 Å². The summed E-state index contributed by atoms with van der Waals surface area (Å²) in [6, 6.07) is 13.1. The Bertz CT molecular complexity index is 906. The summed E-state index contributed by atoms with van der Waals surface area (Å²) >= 11 is 13.6. The van der Waals surface area contributed by atoms with Gasteiger partial charge in [-0.3, -0.25) is 9.10 Å². The zero-order chi connectivity index (χ0) is 20.7. The van der Waals surface area contributed by atoms with E-state index in [1.165, 1.54) is 0 Å². The molecule has 1 amide bonds. The van der Waals surface area contributed by atoms with Gasteiger partial charge in [-0.1, -0.05) is 41.4 Å². The number of sulfonamides is 1. The molecule has 152 valence electrons. The van der Waals surface area contributed by atoms with Crippen LogP contribution < -0.4 is 9.62 Å². The number of halogens is 2. The van der Waals surface area contributed by atoms with Crippen LogP contribution in [0.5, 0.6) is 0 Å². The smallest absolute Gasteiger partial charge is 0.243 e. The number of carbonyl (C=O) groups is 1. The van der Waals surface area contributed by atoms with E-state index >= 15 is 0 Å². The summed E-state index contributed by atoms with van der Waals surface area (Å²) in [6.07, 6.45) is 1.07. The van der Waals surface area contributed by atoms with Gasteiger partial charge in [-0.05, 0) is 42.8 Å². The Hall–Kier alpha value is -1.41. The van der Waals surface area contributed by atoms with Gasteiger partial charge in [0.2, 0.25) is 15.9 Å². The highest BCUT2D eigenvalue weighted by Crippen LogP contribution is 2.23. The second-order valence-electron chi connectivity index (χ2n) is 6.15. The molecule has 2 rings (SSSR count). The molecular formula is C19H22Cl2N2O3S2. The Morgan fingerprint density at radius 1 is 1.14 bits per heavy atom. The molecule has 0 radical (unpaired) electrons. The number of carbonyl (C=O) groups excluding carboxylic acids is 1. The molecule has 0 aliphatic carbocycles. The van der Waals surface area contributed by atoms with Crippen molar-refractivity contribution < 1.29 is 13.2 Å². The first-order valence-electron chi connectivity index (χ1n) is 8.54. The summed E-state index contributed by atoms with van der Waals surface area (Å²) in [6.45, 7) is 1.98. The fourth-order valence-corrected chi connectivity index (χ4v) is 5.03. The average Bonchev–Trinajstić information content (AvgIpc) is 2.63. The highest BCUT2D eigenvalue weighted by Gasteiger charge is 2.28. The maximum atomic E-state index is 12.5. The van der Waals surface area contributed by atoms with Crippen molar-refractivity contribution in [3.63, 3.8) is 0 Å². The van der Waals surface area contributed by atoms with Crippen LogP contribution in [0.3, 0.4) is 0 Å². The van der Waals surface area contributed by atoms with Crippen molar-refractivity contribution in [3.05, 3.63) is 64.1 Å². The molecule has 0 heterocycles. The summed E-state index contributed by atoms with van der Waals surface area (Å²) < 4.78 is 25.5. The van der Waals surface area contributed by atoms with Crippen molar-refractivity contribution in [1.82, 2.24) is 5.32 Å². The molecule has 1 atom stereocenters. The lowest BCUT2D eigenvalue weighted by molar-refractivity contribution is -0.121. The normalized spacial score (nSPS) is 12.4. The maximum Gasteiger partial charge on any atom is 0.243 e. The second kappa shape index (κ2) is 10.4. The van der Waals surface area contributed by atoms with Crippen LogP contribution in [0.1, 0.15) is 12.5 Å². The molecule has 1 N–H and O–H groups in total. The molecule has 9 heteroatoms. The first-order chi connectivity index (χ1) is 13.2. The Kier molecular flexibility index (Phi) is 8.49. The molecule has 0 bridgehead atoms. The van der Waals surface area contributed by atoms with Gasteiger partial charge in [-0.25, -0.2) is 8.42 Å². The number of hydrogen-bond acceptors (Lipinski definition) is 4. The van der Waals surface area contributed by atoms with E-state index in [0.717, 1.165) is 26.9 Å². The average molecular weight is 461 g/mol. The van der Waals surface area contributed by atoms with Gasteiger partial charge in [0.25, 0.3) is 0 Å². The van der Waals surface area contributed by atoms with E-state index in [0.29, 0.717) is 23.0 Å². The standard InChI is InChI=1S/C19H22Cl2N2O3S2/c1-14(23(28(2,25)26)17-9-7-16(20)8-10-17)19(24)22-11-12-27-13-15-5-3-4-6-18(15)21/h3-10,14H,11-13H2,1-2H3,(H,22,24)/t14-/m1/s1. The highest BCUT2D eigenvalue weighted by atomic mass is 35.5. The number of thioether (sulfide) groups is 1. The topological polar surface area (TPSA) is 66.5 Å². The fourth-order valence-electron chi connectivity index (χ4n) is 2.59. The van der Waals surface area contributed by atoms with E-state index in [4.69, 9.17) is 23.2 Å². The summed E-state index contributed by atoms with van der Waals surface area (Å²) in [7, 11) is -3.64. The molecule has 0 saturated carbocycles. The number of benzene rings is 2. The van der Waals surface area contributed by atoms with Gasteiger partial charge < -0.3 is 5.32 Å². The molecule has 0 saturated heterocycles. The number of anilines is 1. The summed E-state index contributed by atoms with van der Waals surface area (Å²) in [5.41, 5.74) is 1.43.